The molecule has 5 rings (SSSR count). The monoisotopic (exact) mass is 465 g/mol. The van der Waals surface area contributed by atoms with E-state index in [-0.39, 0.29) is 11.8 Å². The highest BCUT2D eigenvalue weighted by Gasteiger charge is 2.33. The van der Waals surface area contributed by atoms with Crippen molar-refractivity contribution in [1.82, 2.24) is 19.3 Å². The standard InChI is InChI=1S/C22H20BrN5O2/c1-12-20-14(13-8-9-18(30-3)15(23)10-13)11-19(29)25-21(20)28(26-12)22-24-16-6-4-5-7-17(16)27(22)2/h4-10,14H,11H2,1-3H3,(H,25,29)/t14-/m1/s1. The molecule has 7 nitrogen and oxygen atoms in total. The highest BCUT2D eigenvalue weighted by atomic mass is 79.9. The molecule has 1 amide bonds. The van der Waals surface area contributed by atoms with Crippen LogP contribution in [0.4, 0.5) is 5.82 Å². The molecule has 0 saturated heterocycles. The zero-order valence-electron chi connectivity index (χ0n) is 16.8. The molecule has 0 radical (unpaired) electrons. The van der Waals surface area contributed by atoms with Gasteiger partial charge in [-0.1, -0.05) is 18.2 Å². The van der Waals surface area contributed by atoms with E-state index in [1.54, 1.807) is 11.8 Å². The quantitative estimate of drug-likeness (QED) is 0.489. The maximum absolute atomic E-state index is 12.7. The predicted molar refractivity (Wildman–Crippen MR) is 118 cm³/mol. The highest BCUT2D eigenvalue weighted by Crippen LogP contribution is 2.41. The molecule has 152 valence electrons. The SMILES string of the molecule is COc1ccc([C@H]2CC(=O)Nc3c2c(C)nn3-c2nc3ccccc3n2C)cc1Br. The van der Waals surface area contributed by atoms with Crippen molar-refractivity contribution < 1.29 is 9.53 Å². The van der Waals surface area contributed by atoms with Crippen LogP contribution in [0.5, 0.6) is 5.75 Å². The number of nitrogens with zero attached hydrogens (tertiary/aromatic N) is 4. The third-order valence-electron chi connectivity index (χ3n) is 5.63. The Bertz CT molecular complexity index is 1310. The minimum atomic E-state index is -0.0978. The lowest BCUT2D eigenvalue weighted by molar-refractivity contribution is -0.116. The lowest BCUT2D eigenvalue weighted by Gasteiger charge is -2.24. The third kappa shape index (κ3) is 2.82. The summed E-state index contributed by atoms with van der Waals surface area (Å²) >= 11 is 3.56. The minimum Gasteiger partial charge on any atom is -0.496 e. The van der Waals surface area contributed by atoms with Crippen molar-refractivity contribution in [2.75, 3.05) is 12.4 Å². The second kappa shape index (κ2) is 6.98. The molecular weight excluding hydrogens is 446 g/mol. The number of benzene rings is 2. The molecule has 2 aromatic heterocycles. The molecule has 1 atom stereocenters. The Morgan fingerprint density at radius 1 is 1.23 bits per heavy atom. The van der Waals surface area contributed by atoms with Crippen LogP contribution in [0.15, 0.2) is 46.9 Å². The molecule has 1 N–H and O–H groups in total. The summed E-state index contributed by atoms with van der Waals surface area (Å²) in [5, 5.41) is 7.80. The second-order valence-electron chi connectivity index (χ2n) is 7.42. The first-order valence-electron chi connectivity index (χ1n) is 9.62. The summed E-state index contributed by atoms with van der Waals surface area (Å²) in [7, 11) is 3.59. The molecular formula is C22H20BrN5O2. The Morgan fingerprint density at radius 3 is 2.77 bits per heavy atom. The van der Waals surface area contributed by atoms with E-state index in [2.05, 4.69) is 21.2 Å². The normalized spacial score (nSPS) is 15.9. The number of aryl methyl sites for hydroxylation is 2. The van der Waals surface area contributed by atoms with Gasteiger partial charge in [-0.2, -0.15) is 9.78 Å². The number of para-hydroxylation sites is 2. The summed E-state index contributed by atoms with van der Waals surface area (Å²) < 4.78 is 9.94. The Balaban J connectivity index is 1.68. The molecule has 1 aliphatic rings. The van der Waals surface area contributed by atoms with Gasteiger partial charge in [0.2, 0.25) is 11.9 Å². The number of ether oxygens (including phenoxy) is 1. The fourth-order valence-electron chi connectivity index (χ4n) is 4.20. The van der Waals surface area contributed by atoms with Gasteiger partial charge in [-0.25, -0.2) is 4.98 Å². The van der Waals surface area contributed by atoms with E-state index in [0.29, 0.717) is 18.2 Å². The molecule has 4 aromatic rings. The van der Waals surface area contributed by atoms with Crippen molar-refractivity contribution in [2.24, 2.45) is 7.05 Å². The summed E-state index contributed by atoms with van der Waals surface area (Å²) in [6, 6.07) is 13.9. The number of halogens is 1. The zero-order chi connectivity index (χ0) is 21.0. The summed E-state index contributed by atoms with van der Waals surface area (Å²) in [6.45, 7) is 1.97. The molecule has 8 heteroatoms. The van der Waals surface area contributed by atoms with Crippen LogP contribution in [0.25, 0.3) is 17.0 Å². The van der Waals surface area contributed by atoms with Crippen LogP contribution in [0, 0.1) is 6.92 Å². The number of nitrogens with one attached hydrogen (secondary N) is 1. The van der Waals surface area contributed by atoms with Gasteiger partial charge in [-0.05, 0) is 52.7 Å². The van der Waals surface area contributed by atoms with Crippen molar-refractivity contribution in [3.63, 3.8) is 0 Å². The van der Waals surface area contributed by atoms with Crippen molar-refractivity contribution >= 4 is 38.7 Å². The first-order chi connectivity index (χ1) is 14.5. The van der Waals surface area contributed by atoms with E-state index in [1.165, 1.54) is 0 Å². The molecule has 0 unspecified atom stereocenters. The number of carbonyl (C=O) groups is 1. The number of hydrogen-bond donors (Lipinski definition) is 1. The van der Waals surface area contributed by atoms with Crippen LogP contribution in [-0.2, 0) is 11.8 Å². The van der Waals surface area contributed by atoms with Crippen LogP contribution < -0.4 is 10.1 Å². The average Bonchev–Trinajstić information content (AvgIpc) is 3.24. The molecule has 0 saturated carbocycles. The summed E-state index contributed by atoms with van der Waals surface area (Å²) in [4.78, 5) is 17.4. The lowest BCUT2D eigenvalue weighted by Crippen LogP contribution is -2.25. The molecule has 2 aromatic carbocycles. The molecule has 0 bridgehead atoms. The number of methoxy groups -OCH3 is 1. The second-order valence-corrected chi connectivity index (χ2v) is 8.27. The van der Waals surface area contributed by atoms with Gasteiger partial charge in [0, 0.05) is 24.9 Å². The van der Waals surface area contributed by atoms with E-state index in [9.17, 15) is 4.79 Å². The highest BCUT2D eigenvalue weighted by molar-refractivity contribution is 9.10. The number of amides is 1. The summed E-state index contributed by atoms with van der Waals surface area (Å²) in [5.41, 5.74) is 4.81. The average molecular weight is 466 g/mol. The molecule has 0 fully saturated rings. The first kappa shape index (κ1) is 18.9. The number of hydrogen-bond acceptors (Lipinski definition) is 4. The molecule has 1 aliphatic heterocycles. The van der Waals surface area contributed by atoms with E-state index in [4.69, 9.17) is 14.8 Å². The van der Waals surface area contributed by atoms with Crippen molar-refractivity contribution in [3.05, 3.63) is 63.8 Å². The Morgan fingerprint density at radius 2 is 2.03 bits per heavy atom. The molecule has 0 spiro atoms. The van der Waals surface area contributed by atoms with Gasteiger partial charge < -0.3 is 14.6 Å². The predicted octanol–water partition coefficient (Wildman–Crippen LogP) is 4.31. The van der Waals surface area contributed by atoms with Crippen LogP contribution in [0.2, 0.25) is 0 Å². The Kier molecular flexibility index (Phi) is 4.39. The fraction of sp³-hybridized carbons (Fsp3) is 0.227. The van der Waals surface area contributed by atoms with E-state index in [0.717, 1.165) is 38.1 Å². The van der Waals surface area contributed by atoms with Gasteiger partial charge in [0.25, 0.3) is 0 Å². The fourth-order valence-corrected chi connectivity index (χ4v) is 4.76. The topological polar surface area (TPSA) is 74.0 Å². The molecule has 30 heavy (non-hydrogen) atoms. The van der Waals surface area contributed by atoms with Crippen LogP contribution >= 0.6 is 15.9 Å². The van der Waals surface area contributed by atoms with Gasteiger partial charge in [0.1, 0.15) is 11.6 Å². The van der Waals surface area contributed by atoms with E-state index in [1.807, 2.05) is 61.0 Å². The van der Waals surface area contributed by atoms with Gasteiger partial charge >= 0.3 is 0 Å². The maximum Gasteiger partial charge on any atom is 0.233 e. The maximum atomic E-state index is 12.7. The molecule has 3 heterocycles. The van der Waals surface area contributed by atoms with E-state index < -0.39 is 0 Å². The van der Waals surface area contributed by atoms with E-state index >= 15 is 0 Å². The lowest BCUT2D eigenvalue weighted by atomic mass is 9.86. The summed E-state index contributed by atoms with van der Waals surface area (Å²) in [5.74, 6) is 1.96. The summed E-state index contributed by atoms with van der Waals surface area (Å²) in [6.07, 6.45) is 0.362. The largest absolute Gasteiger partial charge is 0.496 e. The van der Waals surface area contributed by atoms with Gasteiger partial charge in [-0.3, -0.25) is 4.79 Å². The van der Waals surface area contributed by atoms with Gasteiger partial charge in [0.05, 0.1) is 28.3 Å². The molecule has 0 aliphatic carbocycles. The zero-order valence-corrected chi connectivity index (χ0v) is 18.4. The number of carbonyl (C=O) groups excluding carboxylic acids is 1. The number of imidazole rings is 1. The van der Waals surface area contributed by atoms with Crippen molar-refractivity contribution in [3.8, 4) is 11.7 Å². The van der Waals surface area contributed by atoms with Gasteiger partial charge in [-0.15, -0.1) is 0 Å². The van der Waals surface area contributed by atoms with Crippen molar-refractivity contribution in [2.45, 2.75) is 19.3 Å². The number of aromatic nitrogens is 4. The smallest absolute Gasteiger partial charge is 0.233 e. The van der Waals surface area contributed by atoms with Crippen LogP contribution in [-0.4, -0.2) is 32.3 Å². The number of fused-ring (bicyclic) bond motifs is 2. The van der Waals surface area contributed by atoms with Gasteiger partial charge in [0.15, 0.2) is 0 Å². The van der Waals surface area contributed by atoms with Crippen LogP contribution in [0.3, 0.4) is 0 Å². The Hall–Kier alpha value is -3.13. The number of anilines is 1. The van der Waals surface area contributed by atoms with Crippen LogP contribution in [0.1, 0.15) is 29.2 Å². The third-order valence-corrected chi connectivity index (χ3v) is 6.25. The minimum absolute atomic E-state index is 0.0423. The first-order valence-corrected chi connectivity index (χ1v) is 10.4. The number of rotatable bonds is 3. The Labute approximate surface area is 181 Å². The van der Waals surface area contributed by atoms with Crippen molar-refractivity contribution in [1.29, 1.82) is 0 Å².